The van der Waals surface area contributed by atoms with Gasteiger partial charge in [0.25, 0.3) is 0 Å². The lowest BCUT2D eigenvalue weighted by Gasteiger charge is -2.36. The highest BCUT2D eigenvalue weighted by Crippen LogP contribution is 2.19. The van der Waals surface area contributed by atoms with Crippen LogP contribution in [0.4, 0.5) is 11.4 Å². The molecule has 0 aromatic heterocycles. The maximum Gasteiger partial charge on any atom is 0.0698 e. The van der Waals surface area contributed by atoms with Crippen LogP contribution in [-0.4, -0.2) is 69.6 Å². The van der Waals surface area contributed by atoms with E-state index in [1.807, 2.05) is 7.05 Å². The Bertz CT molecular complexity index is 375. The van der Waals surface area contributed by atoms with E-state index in [0.29, 0.717) is 13.2 Å². The number of rotatable bonds is 7. The second-order valence-corrected chi connectivity index (χ2v) is 4.96. The van der Waals surface area contributed by atoms with Crippen molar-refractivity contribution in [3.63, 3.8) is 0 Å². The molecule has 2 N–H and O–H groups in total. The molecule has 20 heavy (non-hydrogen) atoms. The smallest absolute Gasteiger partial charge is 0.0698 e. The van der Waals surface area contributed by atoms with E-state index < -0.39 is 0 Å². The first-order valence-corrected chi connectivity index (χ1v) is 7.27. The van der Waals surface area contributed by atoms with Crippen LogP contribution in [0.2, 0.25) is 0 Å². The highest BCUT2D eigenvalue weighted by atomic mass is 16.5. The molecule has 1 aromatic rings. The van der Waals surface area contributed by atoms with Gasteiger partial charge in [0, 0.05) is 51.1 Å². The Morgan fingerprint density at radius 2 is 1.80 bits per heavy atom. The topological polar surface area (TPSA) is 48.0 Å². The quantitative estimate of drug-likeness (QED) is 0.725. The highest BCUT2D eigenvalue weighted by molar-refractivity contribution is 5.55. The van der Waals surface area contributed by atoms with Crippen molar-refractivity contribution in [2.24, 2.45) is 0 Å². The number of nitrogens with one attached hydrogen (secondary N) is 1. The second-order valence-electron chi connectivity index (χ2n) is 4.96. The Morgan fingerprint density at radius 3 is 2.40 bits per heavy atom. The predicted octanol–water partition coefficient (Wildman–Crippen LogP) is 0.859. The molecule has 1 aliphatic heterocycles. The lowest BCUT2D eigenvalue weighted by molar-refractivity contribution is 0.0724. The summed E-state index contributed by atoms with van der Waals surface area (Å²) < 4.78 is 5.31. The van der Waals surface area contributed by atoms with E-state index in [1.165, 1.54) is 5.69 Å². The Kier molecular flexibility index (Phi) is 6.11. The summed E-state index contributed by atoms with van der Waals surface area (Å²) in [5.41, 5.74) is 2.44. The van der Waals surface area contributed by atoms with Crippen LogP contribution >= 0.6 is 0 Å². The maximum absolute atomic E-state index is 8.65. The SMILES string of the molecule is CNc1ccc(N2CCN(CCOCCO)CC2)cc1. The van der Waals surface area contributed by atoms with Crippen molar-refractivity contribution in [1.82, 2.24) is 4.90 Å². The molecule has 2 rings (SSSR count). The Morgan fingerprint density at radius 1 is 1.10 bits per heavy atom. The molecule has 0 aliphatic carbocycles. The zero-order valence-electron chi connectivity index (χ0n) is 12.2. The van der Waals surface area contributed by atoms with Gasteiger partial charge in [-0.1, -0.05) is 0 Å². The molecule has 0 bridgehead atoms. The minimum atomic E-state index is 0.108. The summed E-state index contributed by atoms with van der Waals surface area (Å²) in [5, 5.41) is 11.8. The van der Waals surface area contributed by atoms with Crippen LogP contribution < -0.4 is 10.2 Å². The molecule has 1 aromatic carbocycles. The fourth-order valence-corrected chi connectivity index (χ4v) is 2.43. The molecule has 0 spiro atoms. The number of benzene rings is 1. The van der Waals surface area contributed by atoms with E-state index in [2.05, 4.69) is 39.4 Å². The van der Waals surface area contributed by atoms with Crippen molar-refractivity contribution in [3.05, 3.63) is 24.3 Å². The average Bonchev–Trinajstić information content (AvgIpc) is 2.52. The van der Waals surface area contributed by atoms with Gasteiger partial charge in [0.15, 0.2) is 0 Å². The monoisotopic (exact) mass is 279 g/mol. The van der Waals surface area contributed by atoms with E-state index in [4.69, 9.17) is 9.84 Å². The number of ether oxygens (including phenoxy) is 1. The zero-order chi connectivity index (χ0) is 14.2. The minimum absolute atomic E-state index is 0.108. The van der Waals surface area contributed by atoms with Crippen LogP contribution in [0.1, 0.15) is 0 Å². The number of anilines is 2. The first-order chi connectivity index (χ1) is 9.83. The van der Waals surface area contributed by atoms with Gasteiger partial charge in [-0.2, -0.15) is 0 Å². The maximum atomic E-state index is 8.65. The molecule has 0 radical (unpaired) electrons. The van der Waals surface area contributed by atoms with Gasteiger partial charge in [-0.25, -0.2) is 0 Å². The van der Waals surface area contributed by atoms with E-state index in [1.54, 1.807) is 0 Å². The van der Waals surface area contributed by atoms with Crippen molar-refractivity contribution in [2.45, 2.75) is 0 Å². The molecule has 0 unspecified atom stereocenters. The van der Waals surface area contributed by atoms with Crippen molar-refractivity contribution < 1.29 is 9.84 Å². The molecule has 1 fully saturated rings. The van der Waals surface area contributed by atoms with E-state index >= 15 is 0 Å². The summed E-state index contributed by atoms with van der Waals surface area (Å²) in [7, 11) is 1.94. The summed E-state index contributed by atoms with van der Waals surface area (Å²) >= 11 is 0. The second kappa shape index (κ2) is 8.09. The minimum Gasteiger partial charge on any atom is -0.394 e. The third kappa shape index (κ3) is 4.37. The van der Waals surface area contributed by atoms with Crippen LogP contribution in [0.5, 0.6) is 0 Å². The van der Waals surface area contributed by atoms with Gasteiger partial charge in [-0.3, -0.25) is 4.90 Å². The van der Waals surface area contributed by atoms with E-state index in [-0.39, 0.29) is 6.61 Å². The Hall–Kier alpha value is -1.30. The van der Waals surface area contributed by atoms with Gasteiger partial charge >= 0.3 is 0 Å². The number of aliphatic hydroxyl groups excluding tert-OH is 1. The van der Waals surface area contributed by atoms with Crippen molar-refractivity contribution in [1.29, 1.82) is 0 Å². The first kappa shape index (κ1) is 15.1. The highest BCUT2D eigenvalue weighted by Gasteiger charge is 2.16. The van der Waals surface area contributed by atoms with Crippen molar-refractivity contribution >= 4 is 11.4 Å². The number of nitrogens with zero attached hydrogens (tertiary/aromatic N) is 2. The molecule has 1 aliphatic rings. The Labute approximate surface area is 121 Å². The fraction of sp³-hybridized carbons (Fsp3) is 0.600. The summed E-state index contributed by atoms with van der Waals surface area (Å²) in [5.74, 6) is 0. The van der Waals surface area contributed by atoms with Crippen molar-refractivity contribution in [3.8, 4) is 0 Å². The van der Waals surface area contributed by atoms with Crippen LogP contribution in [0, 0.1) is 0 Å². The molecular formula is C15H25N3O2. The van der Waals surface area contributed by atoms with Gasteiger partial charge in [-0.15, -0.1) is 0 Å². The van der Waals surface area contributed by atoms with Crippen LogP contribution in [0.15, 0.2) is 24.3 Å². The fourth-order valence-electron chi connectivity index (χ4n) is 2.43. The standard InChI is InChI=1S/C15H25N3O2/c1-16-14-2-4-15(5-3-14)18-8-6-17(7-9-18)10-12-20-13-11-19/h2-5,16,19H,6-13H2,1H3. The molecule has 0 saturated carbocycles. The van der Waals surface area contributed by atoms with Crippen LogP contribution in [0.25, 0.3) is 0 Å². The van der Waals surface area contributed by atoms with E-state index in [0.717, 1.165) is 38.4 Å². The average molecular weight is 279 g/mol. The van der Waals surface area contributed by atoms with Crippen LogP contribution in [-0.2, 0) is 4.74 Å². The predicted molar refractivity (Wildman–Crippen MR) is 82.5 cm³/mol. The summed E-state index contributed by atoms with van der Waals surface area (Å²) in [6.07, 6.45) is 0. The first-order valence-electron chi connectivity index (χ1n) is 7.27. The number of piperazine rings is 1. The van der Waals surface area contributed by atoms with Gasteiger partial charge < -0.3 is 20.1 Å². The lowest BCUT2D eigenvalue weighted by atomic mass is 10.2. The molecule has 5 nitrogen and oxygen atoms in total. The molecule has 5 heteroatoms. The molecule has 1 heterocycles. The van der Waals surface area contributed by atoms with E-state index in [9.17, 15) is 0 Å². The van der Waals surface area contributed by atoms with Gasteiger partial charge in [0.1, 0.15) is 0 Å². The number of hydrogen-bond acceptors (Lipinski definition) is 5. The molecule has 0 atom stereocenters. The van der Waals surface area contributed by atoms with Gasteiger partial charge in [-0.05, 0) is 24.3 Å². The third-order valence-electron chi connectivity index (χ3n) is 3.68. The third-order valence-corrected chi connectivity index (χ3v) is 3.68. The molecule has 112 valence electrons. The summed E-state index contributed by atoms with van der Waals surface area (Å²) in [6.45, 7) is 6.45. The van der Waals surface area contributed by atoms with Gasteiger partial charge in [0.2, 0.25) is 0 Å². The molecular weight excluding hydrogens is 254 g/mol. The summed E-state index contributed by atoms with van der Waals surface area (Å²) in [6, 6.07) is 8.58. The number of hydrogen-bond donors (Lipinski definition) is 2. The molecule has 1 saturated heterocycles. The largest absolute Gasteiger partial charge is 0.394 e. The summed E-state index contributed by atoms with van der Waals surface area (Å²) in [4.78, 5) is 4.83. The van der Waals surface area contributed by atoms with Crippen LogP contribution in [0.3, 0.4) is 0 Å². The normalized spacial score (nSPS) is 16.4. The molecule has 0 amide bonds. The van der Waals surface area contributed by atoms with Gasteiger partial charge in [0.05, 0.1) is 19.8 Å². The lowest BCUT2D eigenvalue weighted by Crippen LogP contribution is -2.47. The zero-order valence-corrected chi connectivity index (χ0v) is 12.2. The van der Waals surface area contributed by atoms with Crippen molar-refractivity contribution in [2.75, 3.05) is 69.8 Å². The number of aliphatic hydroxyl groups is 1. The Balaban J connectivity index is 1.73.